The number of amides is 1. The third-order valence-electron chi connectivity index (χ3n) is 3.37. The zero-order valence-electron chi connectivity index (χ0n) is 10.5. The van der Waals surface area contributed by atoms with E-state index < -0.39 is 23.8 Å². The van der Waals surface area contributed by atoms with Gasteiger partial charge < -0.3 is 10.6 Å². The molecule has 0 aromatic carbocycles. The molecule has 1 saturated heterocycles. The minimum atomic E-state index is -2.69. The van der Waals surface area contributed by atoms with Gasteiger partial charge in [0.2, 0.25) is 5.91 Å². The lowest BCUT2D eigenvalue weighted by molar-refractivity contribution is -0.159. The van der Waals surface area contributed by atoms with Crippen LogP contribution in [0.15, 0.2) is 0 Å². The van der Waals surface area contributed by atoms with Crippen molar-refractivity contribution >= 4 is 18.3 Å². The Morgan fingerprint density at radius 2 is 1.82 bits per heavy atom. The fourth-order valence-corrected chi connectivity index (χ4v) is 2.05. The topological polar surface area (TPSA) is 46.3 Å². The number of piperidine rings is 1. The number of carbonyl (C=O) groups is 1. The number of halogens is 3. The summed E-state index contributed by atoms with van der Waals surface area (Å²) in [6.45, 7) is 4.97. The van der Waals surface area contributed by atoms with Crippen LogP contribution in [-0.2, 0) is 4.79 Å². The van der Waals surface area contributed by atoms with Crippen molar-refractivity contribution < 1.29 is 13.6 Å². The molecule has 1 heterocycles. The first-order valence-corrected chi connectivity index (χ1v) is 5.72. The quantitative estimate of drug-likeness (QED) is 0.833. The van der Waals surface area contributed by atoms with Crippen molar-refractivity contribution in [2.45, 2.75) is 39.2 Å². The molecule has 6 heteroatoms. The lowest BCUT2D eigenvalue weighted by Crippen LogP contribution is -2.56. The summed E-state index contributed by atoms with van der Waals surface area (Å²) in [6, 6.07) is -0.564. The molecule has 2 N–H and O–H groups in total. The van der Waals surface area contributed by atoms with Crippen LogP contribution in [0, 0.1) is 11.8 Å². The lowest BCUT2D eigenvalue weighted by atomic mass is 9.87. The van der Waals surface area contributed by atoms with E-state index in [9.17, 15) is 13.6 Å². The number of carbonyl (C=O) groups excluding carboxylic acids is 1. The first-order valence-electron chi connectivity index (χ1n) is 5.72. The van der Waals surface area contributed by atoms with Crippen LogP contribution in [0.25, 0.3) is 0 Å². The van der Waals surface area contributed by atoms with Crippen LogP contribution in [0.5, 0.6) is 0 Å². The SMILES string of the molecule is CCC(N)C(=O)N1C[C@@H](C)C(F)(F)[C@@H](C)C1.Cl. The normalized spacial score (nSPS) is 29.4. The third-order valence-corrected chi connectivity index (χ3v) is 3.37. The second-order valence-electron chi connectivity index (χ2n) is 4.73. The second-order valence-corrected chi connectivity index (χ2v) is 4.73. The van der Waals surface area contributed by atoms with Gasteiger partial charge >= 0.3 is 0 Å². The monoisotopic (exact) mass is 270 g/mol. The van der Waals surface area contributed by atoms with Crippen molar-refractivity contribution in [1.29, 1.82) is 0 Å². The molecule has 17 heavy (non-hydrogen) atoms. The van der Waals surface area contributed by atoms with Crippen LogP contribution in [0.4, 0.5) is 8.78 Å². The molecular formula is C11H21ClF2N2O. The standard InChI is InChI=1S/C11H20F2N2O.ClH/c1-4-9(14)10(16)15-5-7(2)11(12,13)8(3)6-15;/h7-9H,4-6,14H2,1-3H3;1H/t7-,8+,9?;. The minimum absolute atomic E-state index is 0. The van der Waals surface area contributed by atoms with Gasteiger partial charge in [-0.2, -0.15) is 0 Å². The molecular weight excluding hydrogens is 250 g/mol. The summed E-state index contributed by atoms with van der Waals surface area (Å²) in [5.74, 6) is -4.50. The Balaban J connectivity index is 0.00000256. The minimum Gasteiger partial charge on any atom is -0.340 e. The highest BCUT2D eigenvalue weighted by molar-refractivity contribution is 5.85. The number of nitrogens with zero attached hydrogens (tertiary/aromatic N) is 1. The Hall–Kier alpha value is -0.420. The van der Waals surface area contributed by atoms with Gasteiger partial charge in [-0.3, -0.25) is 4.79 Å². The molecule has 0 radical (unpaired) electrons. The highest BCUT2D eigenvalue weighted by Crippen LogP contribution is 2.37. The van der Waals surface area contributed by atoms with E-state index in [4.69, 9.17) is 5.73 Å². The van der Waals surface area contributed by atoms with Gasteiger partial charge in [-0.1, -0.05) is 20.8 Å². The van der Waals surface area contributed by atoms with Gasteiger partial charge in [0.15, 0.2) is 0 Å². The number of alkyl halides is 2. The largest absolute Gasteiger partial charge is 0.340 e. The van der Waals surface area contributed by atoms with Gasteiger partial charge in [0.05, 0.1) is 6.04 Å². The van der Waals surface area contributed by atoms with Crippen molar-refractivity contribution in [2.24, 2.45) is 17.6 Å². The maximum Gasteiger partial charge on any atom is 0.256 e. The van der Waals surface area contributed by atoms with Crippen molar-refractivity contribution in [2.75, 3.05) is 13.1 Å². The molecule has 0 aromatic rings. The van der Waals surface area contributed by atoms with Gasteiger partial charge in [0.1, 0.15) is 0 Å². The van der Waals surface area contributed by atoms with E-state index in [1.807, 2.05) is 6.92 Å². The highest BCUT2D eigenvalue weighted by Gasteiger charge is 2.48. The summed E-state index contributed by atoms with van der Waals surface area (Å²) in [7, 11) is 0. The maximum atomic E-state index is 13.5. The predicted molar refractivity (Wildman–Crippen MR) is 65.4 cm³/mol. The molecule has 1 rings (SSSR count). The van der Waals surface area contributed by atoms with Crippen LogP contribution >= 0.6 is 12.4 Å². The van der Waals surface area contributed by atoms with E-state index in [1.165, 1.54) is 18.7 Å². The van der Waals surface area contributed by atoms with Crippen LogP contribution in [0.1, 0.15) is 27.2 Å². The van der Waals surface area contributed by atoms with E-state index in [-0.39, 0.29) is 31.4 Å². The molecule has 102 valence electrons. The van der Waals surface area contributed by atoms with Crippen molar-refractivity contribution in [3.63, 3.8) is 0 Å². The average Bonchev–Trinajstić information content (AvgIpc) is 2.23. The van der Waals surface area contributed by atoms with Crippen molar-refractivity contribution in [3.05, 3.63) is 0 Å². The van der Waals surface area contributed by atoms with E-state index in [2.05, 4.69) is 0 Å². The molecule has 0 bridgehead atoms. The first-order chi connectivity index (χ1) is 7.30. The fraction of sp³-hybridized carbons (Fsp3) is 0.909. The molecule has 1 fully saturated rings. The van der Waals surface area contributed by atoms with Crippen LogP contribution in [0.2, 0.25) is 0 Å². The highest BCUT2D eigenvalue weighted by atomic mass is 35.5. The molecule has 1 amide bonds. The number of hydrogen-bond acceptors (Lipinski definition) is 2. The van der Waals surface area contributed by atoms with Gasteiger partial charge in [0, 0.05) is 24.9 Å². The third kappa shape index (κ3) is 3.28. The summed E-state index contributed by atoms with van der Waals surface area (Å²) in [5, 5.41) is 0. The van der Waals surface area contributed by atoms with Gasteiger partial charge in [-0.25, -0.2) is 8.78 Å². The summed E-state index contributed by atoms with van der Waals surface area (Å²) in [5.41, 5.74) is 5.63. The Bertz CT molecular complexity index is 262. The predicted octanol–water partition coefficient (Wildman–Crippen LogP) is 1.90. The lowest BCUT2D eigenvalue weighted by Gasteiger charge is -2.41. The summed E-state index contributed by atoms with van der Waals surface area (Å²) in [4.78, 5) is 13.3. The van der Waals surface area contributed by atoms with E-state index in [0.29, 0.717) is 6.42 Å². The first kappa shape index (κ1) is 16.6. The van der Waals surface area contributed by atoms with Crippen LogP contribution in [0.3, 0.4) is 0 Å². The Kier molecular flexibility index (Phi) is 5.81. The van der Waals surface area contributed by atoms with Gasteiger partial charge in [0.25, 0.3) is 5.92 Å². The number of hydrogen-bond donors (Lipinski definition) is 1. The molecule has 1 aliphatic rings. The second kappa shape index (κ2) is 5.96. The van der Waals surface area contributed by atoms with Crippen molar-refractivity contribution in [3.8, 4) is 0 Å². The number of likely N-dealkylation sites (tertiary alicyclic amines) is 1. The van der Waals surface area contributed by atoms with Crippen LogP contribution in [-0.4, -0.2) is 35.9 Å². The van der Waals surface area contributed by atoms with Crippen molar-refractivity contribution in [1.82, 2.24) is 4.90 Å². The van der Waals surface area contributed by atoms with Gasteiger partial charge in [-0.15, -0.1) is 12.4 Å². The van der Waals surface area contributed by atoms with E-state index in [1.54, 1.807) is 0 Å². The van der Waals surface area contributed by atoms with E-state index in [0.717, 1.165) is 0 Å². The van der Waals surface area contributed by atoms with Crippen LogP contribution < -0.4 is 5.73 Å². The average molecular weight is 271 g/mol. The Labute approximate surface area is 107 Å². The maximum absolute atomic E-state index is 13.5. The molecule has 1 aliphatic heterocycles. The molecule has 1 unspecified atom stereocenters. The van der Waals surface area contributed by atoms with Gasteiger partial charge in [-0.05, 0) is 6.42 Å². The smallest absolute Gasteiger partial charge is 0.256 e. The number of rotatable bonds is 2. The Morgan fingerprint density at radius 1 is 1.41 bits per heavy atom. The summed E-state index contributed by atoms with van der Waals surface area (Å²) >= 11 is 0. The number of nitrogens with two attached hydrogens (primary N) is 1. The zero-order chi connectivity index (χ0) is 12.5. The summed E-state index contributed by atoms with van der Waals surface area (Å²) < 4.78 is 27.1. The fourth-order valence-electron chi connectivity index (χ4n) is 2.05. The molecule has 0 saturated carbocycles. The van der Waals surface area contributed by atoms with E-state index >= 15 is 0 Å². The molecule has 0 aliphatic carbocycles. The molecule has 0 aromatic heterocycles. The summed E-state index contributed by atoms with van der Waals surface area (Å²) in [6.07, 6.45) is 0.536. The molecule has 0 spiro atoms. The zero-order valence-corrected chi connectivity index (χ0v) is 11.3. The molecule has 3 nitrogen and oxygen atoms in total. The molecule has 3 atom stereocenters. The Morgan fingerprint density at radius 3 is 2.18 bits per heavy atom.